The SMILES string of the molecule is CC(C)CCn1c(COc2ccccc2)nnc1SCC(=O)N(C)CC1COc2ccccc2O1. The van der Waals surface area contributed by atoms with Crippen molar-refractivity contribution in [2.24, 2.45) is 5.92 Å². The van der Waals surface area contributed by atoms with Gasteiger partial charge in [0.05, 0.1) is 12.3 Å². The zero-order valence-corrected chi connectivity index (χ0v) is 21.2. The van der Waals surface area contributed by atoms with Crippen LogP contribution < -0.4 is 14.2 Å². The molecule has 1 unspecified atom stereocenters. The van der Waals surface area contributed by atoms with E-state index in [1.807, 2.05) is 54.6 Å². The maximum Gasteiger partial charge on any atom is 0.232 e. The molecule has 0 radical (unpaired) electrons. The number of aromatic nitrogens is 3. The summed E-state index contributed by atoms with van der Waals surface area (Å²) in [7, 11) is 1.79. The van der Waals surface area contributed by atoms with Crippen molar-refractivity contribution >= 4 is 17.7 Å². The molecule has 8 nitrogen and oxygen atoms in total. The van der Waals surface area contributed by atoms with Crippen molar-refractivity contribution in [1.82, 2.24) is 19.7 Å². The van der Waals surface area contributed by atoms with Crippen molar-refractivity contribution in [3.8, 4) is 17.2 Å². The molecular weight excluding hydrogens is 464 g/mol. The molecule has 186 valence electrons. The second-order valence-electron chi connectivity index (χ2n) is 8.90. The Morgan fingerprint density at radius 2 is 1.89 bits per heavy atom. The number of likely N-dealkylation sites (N-methyl/N-ethyl adjacent to an activating group) is 1. The Labute approximate surface area is 210 Å². The van der Waals surface area contributed by atoms with Crippen molar-refractivity contribution < 1.29 is 19.0 Å². The summed E-state index contributed by atoms with van der Waals surface area (Å²) < 4.78 is 19.7. The highest BCUT2D eigenvalue weighted by molar-refractivity contribution is 7.99. The molecule has 2 aromatic carbocycles. The Bertz CT molecular complexity index is 1110. The predicted molar refractivity (Wildman–Crippen MR) is 135 cm³/mol. The Morgan fingerprint density at radius 1 is 1.14 bits per heavy atom. The minimum atomic E-state index is -0.208. The molecule has 1 aliphatic rings. The van der Waals surface area contributed by atoms with Crippen LogP contribution in [-0.2, 0) is 17.9 Å². The number of hydrogen-bond donors (Lipinski definition) is 0. The molecule has 9 heteroatoms. The average molecular weight is 497 g/mol. The number of thioether (sulfide) groups is 1. The third-order valence-electron chi connectivity index (χ3n) is 5.63. The summed E-state index contributed by atoms with van der Waals surface area (Å²) >= 11 is 1.40. The van der Waals surface area contributed by atoms with E-state index in [-0.39, 0.29) is 17.8 Å². The zero-order chi connectivity index (χ0) is 24.6. The van der Waals surface area contributed by atoms with Gasteiger partial charge in [-0.05, 0) is 36.6 Å². The molecule has 3 aromatic rings. The van der Waals surface area contributed by atoms with E-state index < -0.39 is 0 Å². The first kappa shape index (κ1) is 24.9. The third-order valence-corrected chi connectivity index (χ3v) is 6.58. The smallest absolute Gasteiger partial charge is 0.232 e. The Hall–Kier alpha value is -3.20. The van der Waals surface area contributed by atoms with E-state index in [4.69, 9.17) is 14.2 Å². The van der Waals surface area contributed by atoms with Gasteiger partial charge in [-0.15, -0.1) is 10.2 Å². The van der Waals surface area contributed by atoms with Crippen LogP contribution in [0.15, 0.2) is 59.8 Å². The lowest BCUT2D eigenvalue weighted by Crippen LogP contribution is -2.42. The molecule has 1 atom stereocenters. The number of para-hydroxylation sites is 3. The molecule has 2 heterocycles. The van der Waals surface area contributed by atoms with Gasteiger partial charge < -0.3 is 23.7 Å². The minimum absolute atomic E-state index is 0.00189. The molecule has 0 saturated carbocycles. The second-order valence-corrected chi connectivity index (χ2v) is 9.84. The number of benzene rings is 2. The first-order chi connectivity index (χ1) is 17.0. The van der Waals surface area contributed by atoms with E-state index >= 15 is 0 Å². The highest BCUT2D eigenvalue weighted by atomic mass is 32.2. The highest BCUT2D eigenvalue weighted by Crippen LogP contribution is 2.31. The third kappa shape index (κ3) is 6.91. The lowest BCUT2D eigenvalue weighted by Gasteiger charge is -2.29. The van der Waals surface area contributed by atoms with Gasteiger partial charge >= 0.3 is 0 Å². The fourth-order valence-corrected chi connectivity index (χ4v) is 4.53. The standard InChI is InChI=1S/C26H32N4O4S/c1-19(2)13-14-30-24(17-32-20-9-5-4-6-10-20)27-28-26(30)35-18-25(31)29(3)15-21-16-33-22-11-7-8-12-23(22)34-21/h4-12,19,21H,13-18H2,1-3H3. The summed E-state index contributed by atoms with van der Waals surface area (Å²) in [5.74, 6) is 3.79. The first-order valence-electron chi connectivity index (χ1n) is 11.8. The predicted octanol–water partition coefficient (Wildman–Crippen LogP) is 4.29. The Kier molecular flexibility index (Phi) is 8.52. The summed E-state index contributed by atoms with van der Waals surface area (Å²) in [6.07, 6.45) is 0.776. The molecule has 1 amide bonds. The van der Waals surface area contributed by atoms with Crippen LogP contribution in [0.2, 0.25) is 0 Å². The van der Waals surface area contributed by atoms with Gasteiger partial charge in [-0.3, -0.25) is 4.79 Å². The number of amides is 1. The zero-order valence-electron chi connectivity index (χ0n) is 20.4. The molecular formula is C26H32N4O4S. The van der Waals surface area contributed by atoms with Gasteiger partial charge in [0, 0.05) is 13.6 Å². The van der Waals surface area contributed by atoms with Gasteiger partial charge in [0.1, 0.15) is 19.0 Å². The van der Waals surface area contributed by atoms with Gasteiger partial charge in [0.15, 0.2) is 28.6 Å². The van der Waals surface area contributed by atoms with Crippen LogP contribution in [-0.4, -0.2) is 57.6 Å². The van der Waals surface area contributed by atoms with Gasteiger partial charge in [0.2, 0.25) is 5.91 Å². The van der Waals surface area contributed by atoms with Crippen molar-refractivity contribution in [2.75, 3.05) is 26.0 Å². The summed E-state index contributed by atoms with van der Waals surface area (Å²) in [6, 6.07) is 17.2. The van der Waals surface area contributed by atoms with E-state index in [1.165, 1.54) is 11.8 Å². The lowest BCUT2D eigenvalue weighted by atomic mass is 10.1. The van der Waals surface area contributed by atoms with Crippen LogP contribution in [0, 0.1) is 5.92 Å². The number of carbonyl (C=O) groups excluding carboxylic acids is 1. The van der Waals surface area contributed by atoms with Gasteiger partial charge in [-0.1, -0.05) is 55.9 Å². The van der Waals surface area contributed by atoms with Gasteiger partial charge in [-0.25, -0.2) is 0 Å². The van der Waals surface area contributed by atoms with E-state index in [1.54, 1.807) is 11.9 Å². The Morgan fingerprint density at radius 3 is 2.66 bits per heavy atom. The number of carbonyl (C=O) groups is 1. The van der Waals surface area contributed by atoms with E-state index in [9.17, 15) is 4.79 Å². The van der Waals surface area contributed by atoms with Crippen LogP contribution in [0.25, 0.3) is 0 Å². The van der Waals surface area contributed by atoms with Crippen molar-refractivity contribution in [3.63, 3.8) is 0 Å². The number of rotatable bonds is 11. The topological polar surface area (TPSA) is 78.7 Å². The highest BCUT2D eigenvalue weighted by Gasteiger charge is 2.24. The van der Waals surface area contributed by atoms with Crippen LogP contribution in [0.1, 0.15) is 26.1 Å². The van der Waals surface area contributed by atoms with E-state index in [0.29, 0.717) is 31.4 Å². The number of hydrogen-bond acceptors (Lipinski definition) is 7. The number of ether oxygens (including phenoxy) is 3. The van der Waals surface area contributed by atoms with Crippen molar-refractivity contribution in [1.29, 1.82) is 0 Å². The Balaban J connectivity index is 1.33. The average Bonchev–Trinajstić information content (AvgIpc) is 3.26. The summed E-state index contributed by atoms with van der Waals surface area (Å²) in [6.45, 7) is 6.33. The van der Waals surface area contributed by atoms with Crippen LogP contribution >= 0.6 is 11.8 Å². The lowest BCUT2D eigenvalue weighted by molar-refractivity contribution is -0.128. The van der Waals surface area contributed by atoms with Gasteiger partial charge in [0.25, 0.3) is 0 Å². The fourth-order valence-electron chi connectivity index (χ4n) is 3.61. The maximum atomic E-state index is 12.9. The van der Waals surface area contributed by atoms with Crippen LogP contribution in [0.4, 0.5) is 0 Å². The summed E-state index contributed by atoms with van der Waals surface area (Å²) in [5.41, 5.74) is 0. The molecule has 0 fully saturated rings. The maximum absolute atomic E-state index is 12.9. The molecule has 0 bridgehead atoms. The first-order valence-corrected chi connectivity index (χ1v) is 12.8. The minimum Gasteiger partial charge on any atom is -0.486 e. The molecule has 1 aliphatic heterocycles. The molecule has 0 N–H and O–H groups in total. The molecule has 4 rings (SSSR count). The van der Waals surface area contributed by atoms with Crippen LogP contribution in [0.3, 0.4) is 0 Å². The molecule has 0 saturated heterocycles. The summed E-state index contributed by atoms with van der Waals surface area (Å²) in [4.78, 5) is 14.5. The van der Waals surface area contributed by atoms with Crippen molar-refractivity contribution in [2.45, 2.75) is 44.7 Å². The largest absolute Gasteiger partial charge is 0.486 e. The fraction of sp³-hybridized carbons (Fsp3) is 0.423. The normalized spacial score (nSPS) is 14.7. The summed E-state index contributed by atoms with van der Waals surface area (Å²) in [5, 5.41) is 9.44. The van der Waals surface area contributed by atoms with Crippen LogP contribution in [0.5, 0.6) is 17.2 Å². The molecule has 1 aromatic heterocycles. The monoisotopic (exact) mass is 496 g/mol. The molecule has 0 spiro atoms. The van der Waals surface area contributed by atoms with E-state index in [0.717, 1.165) is 35.4 Å². The number of nitrogens with zero attached hydrogens (tertiary/aromatic N) is 4. The van der Waals surface area contributed by atoms with E-state index in [2.05, 4.69) is 28.6 Å². The quantitative estimate of drug-likeness (QED) is 0.366. The molecule has 0 aliphatic carbocycles. The second kappa shape index (κ2) is 12.0. The van der Waals surface area contributed by atoms with Crippen molar-refractivity contribution in [3.05, 3.63) is 60.4 Å². The van der Waals surface area contributed by atoms with Gasteiger partial charge in [-0.2, -0.15) is 0 Å². The molecule has 35 heavy (non-hydrogen) atoms. The number of fused-ring (bicyclic) bond motifs is 1.